The molecule has 2 aromatic rings. The molecule has 1 N–H and O–H groups in total. The molecule has 0 spiro atoms. The number of hydrogen-bond donors (Lipinski definition) is 1. The highest BCUT2D eigenvalue weighted by Gasteiger charge is 2.39. The van der Waals surface area contributed by atoms with Crippen molar-refractivity contribution >= 4 is 5.69 Å². The molecule has 21 heavy (non-hydrogen) atoms. The SMILES string of the molecule is Fc1ccccc1[C@@H]1Nc2c(F)cccc2[C@@H]2C=CC[C@H]21. The molecule has 3 atom stereocenters. The molecule has 0 saturated heterocycles. The number of nitrogens with one attached hydrogen (secondary N) is 1. The highest BCUT2D eigenvalue weighted by Crippen LogP contribution is 2.50. The lowest BCUT2D eigenvalue weighted by atomic mass is 9.77. The van der Waals surface area contributed by atoms with E-state index in [4.69, 9.17) is 0 Å². The van der Waals surface area contributed by atoms with Crippen LogP contribution in [0.2, 0.25) is 0 Å². The van der Waals surface area contributed by atoms with Crippen LogP contribution >= 0.6 is 0 Å². The van der Waals surface area contributed by atoms with Gasteiger partial charge in [0.25, 0.3) is 0 Å². The van der Waals surface area contributed by atoms with Crippen molar-refractivity contribution in [2.75, 3.05) is 5.32 Å². The van der Waals surface area contributed by atoms with Crippen LogP contribution in [0, 0.1) is 17.6 Å². The Morgan fingerprint density at radius 1 is 0.905 bits per heavy atom. The zero-order chi connectivity index (χ0) is 14.4. The number of hydrogen-bond acceptors (Lipinski definition) is 1. The molecule has 0 saturated carbocycles. The summed E-state index contributed by atoms with van der Waals surface area (Å²) in [5.41, 5.74) is 2.10. The zero-order valence-electron chi connectivity index (χ0n) is 11.4. The minimum Gasteiger partial charge on any atom is -0.375 e. The zero-order valence-corrected chi connectivity index (χ0v) is 11.4. The largest absolute Gasteiger partial charge is 0.375 e. The molecule has 2 aromatic carbocycles. The van der Waals surface area contributed by atoms with Crippen molar-refractivity contribution in [3.05, 3.63) is 77.4 Å². The van der Waals surface area contributed by atoms with Gasteiger partial charge >= 0.3 is 0 Å². The maximum Gasteiger partial charge on any atom is 0.146 e. The second-order valence-electron chi connectivity index (χ2n) is 5.70. The number of fused-ring (bicyclic) bond motifs is 3. The average Bonchev–Trinajstić information content (AvgIpc) is 2.97. The molecule has 0 radical (unpaired) electrons. The molecule has 0 fully saturated rings. The lowest BCUT2D eigenvalue weighted by Gasteiger charge is -2.37. The standard InChI is InChI=1S/C18H15F2N/c19-15-9-2-1-5-14(15)17-12-7-3-6-11(12)13-8-4-10-16(20)18(13)21-17/h1-6,8-12,17,21H,7H2/t11-,12-,17-/m1/s1. The average molecular weight is 283 g/mol. The summed E-state index contributed by atoms with van der Waals surface area (Å²) < 4.78 is 28.3. The van der Waals surface area contributed by atoms with Gasteiger partial charge in [-0.25, -0.2) is 8.78 Å². The van der Waals surface area contributed by atoms with Crippen molar-refractivity contribution < 1.29 is 8.78 Å². The molecule has 3 heteroatoms. The van der Waals surface area contributed by atoms with Gasteiger partial charge in [0, 0.05) is 11.5 Å². The van der Waals surface area contributed by atoms with Gasteiger partial charge in [0.1, 0.15) is 11.6 Å². The van der Waals surface area contributed by atoms with E-state index in [1.807, 2.05) is 12.1 Å². The summed E-state index contributed by atoms with van der Waals surface area (Å²) in [7, 11) is 0. The highest BCUT2D eigenvalue weighted by molar-refractivity contribution is 5.60. The second kappa shape index (κ2) is 4.69. The van der Waals surface area contributed by atoms with Crippen LogP contribution in [0.25, 0.3) is 0 Å². The maximum absolute atomic E-state index is 14.2. The minimum absolute atomic E-state index is 0.154. The predicted molar refractivity (Wildman–Crippen MR) is 79.2 cm³/mol. The summed E-state index contributed by atoms with van der Waals surface area (Å²) >= 11 is 0. The Kier molecular flexibility index (Phi) is 2.81. The molecule has 0 aromatic heterocycles. The van der Waals surface area contributed by atoms with E-state index in [0.717, 1.165) is 12.0 Å². The van der Waals surface area contributed by atoms with E-state index in [1.54, 1.807) is 18.2 Å². The molecular weight excluding hydrogens is 268 g/mol. The summed E-state index contributed by atoms with van der Waals surface area (Å²) in [5, 5.41) is 3.24. The van der Waals surface area contributed by atoms with Crippen molar-refractivity contribution in [1.29, 1.82) is 0 Å². The molecule has 106 valence electrons. The normalized spacial score (nSPS) is 26.1. The van der Waals surface area contributed by atoms with Crippen molar-refractivity contribution in [3.63, 3.8) is 0 Å². The van der Waals surface area contributed by atoms with Gasteiger partial charge < -0.3 is 5.32 Å². The third kappa shape index (κ3) is 1.88. The van der Waals surface area contributed by atoms with Crippen LogP contribution in [0.3, 0.4) is 0 Å². The maximum atomic E-state index is 14.2. The number of allylic oxidation sites excluding steroid dienone is 2. The Bertz CT molecular complexity index is 723. The smallest absolute Gasteiger partial charge is 0.146 e. The lowest BCUT2D eigenvalue weighted by molar-refractivity contribution is 0.409. The Labute approximate surface area is 122 Å². The Morgan fingerprint density at radius 2 is 1.67 bits per heavy atom. The van der Waals surface area contributed by atoms with Crippen LogP contribution in [0.1, 0.15) is 29.5 Å². The fourth-order valence-corrected chi connectivity index (χ4v) is 3.62. The molecule has 0 bridgehead atoms. The van der Waals surface area contributed by atoms with Gasteiger partial charge in [0.05, 0.1) is 11.7 Å². The van der Waals surface area contributed by atoms with Gasteiger partial charge in [-0.3, -0.25) is 0 Å². The first-order chi connectivity index (χ1) is 10.3. The number of rotatable bonds is 1. The Hall–Kier alpha value is -2.16. The third-order valence-electron chi connectivity index (χ3n) is 4.59. The van der Waals surface area contributed by atoms with Gasteiger partial charge in [0.15, 0.2) is 0 Å². The van der Waals surface area contributed by atoms with E-state index >= 15 is 0 Å². The molecule has 2 aliphatic rings. The summed E-state index contributed by atoms with van der Waals surface area (Å²) in [6, 6.07) is 11.7. The monoisotopic (exact) mass is 283 g/mol. The van der Waals surface area contributed by atoms with E-state index in [9.17, 15) is 8.78 Å². The first kappa shape index (κ1) is 12.6. The van der Waals surface area contributed by atoms with E-state index in [0.29, 0.717) is 11.3 Å². The van der Waals surface area contributed by atoms with Gasteiger partial charge in [-0.05, 0) is 30.0 Å². The van der Waals surface area contributed by atoms with Gasteiger partial charge in [-0.15, -0.1) is 0 Å². The first-order valence-electron chi connectivity index (χ1n) is 7.22. The van der Waals surface area contributed by atoms with E-state index in [2.05, 4.69) is 17.5 Å². The Morgan fingerprint density at radius 3 is 2.52 bits per heavy atom. The third-order valence-corrected chi connectivity index (χ3v) is 4.59. The van der Waals surface area contributed by atoms with Crippen LogP contribution in [-0.2, 0) is 0 Å². The first-order valence-corrected chi connectivity index (χ1v) is 7.22. The molecule has 0 unspecified atom stereocenters. The molecule has 4 rings (SSSR count). The van der Waals surface area contributed by atoms with Crippen molar-refractivity contribution in [1.82, 2.24) is 0 Å². The molecule has 1 nitrogen and oxygen atoms in total. The Balaban J connectivity index is 1.85. The summed E-state index contributed by atoms with van der Waals surface area (Å²) in [4.78, 5) is 0. The fraction of sp³-hybridized carbons (Fsp3) is 0.222. The van der Waals surface area contributed by atoms with Crippen molar-refractivity contribution in [2.45, 2.75) is 18.4 Å². The van der Waals surface area contributed by atoms with Crippen molar-refractivity contribution in [2.24, 2.45) is 5.92 Å². The minimum atomic E-state index is -0.271. The molecule has 1 aliphatic carbocycles. The van der Waals surface area contributed by atoms with Crippen LogP contribution in [0.5, 0.6) is 0 Å². The number of anilines is 1. The second-order valence-corrected chi connectivity index (χ2v) is 5.70. The predicted octanol–water partition coefficient (Wildman–Crippen LogP) is 4.79. The molecular formula is C18H15F2N. The molecule has 0 amide bonds. The van der Waals surface area contributed by atoms with Gasteiger partial charge in [-0.2, -0.15) is 0 Å². The highest BCUT2D eigenvalue weighted by atomic mass is 19.1. The van der Waals surface area contributed by atoms with Crippen LogP contribution in [0.15, 0.2) is 54.6 Å². The quantitative estimate of drug-likeness (QED) is 0.742. The number of para-hydroxylation sites is 1. The van der Waals surface area contributed by atoms with E-state index in [1.165, 1.54) is 12.1 Å². The molecule has 1 heterocycles. The fourth-order valence-electron chi connectivity index (χ4n) is 3.62. The van der Waals surface area contributed by atoms with Gasteiger partial charge in [-0.1, -0.05) is 42.5 Å². The number of halogens is 2. The van der Waals surface area contributed by atoms with E-state index in [-0.39, 0.29) is 29.5 Å². The van der Waals surface area contributed by atoms with Crippen LogP contribution < -0.4 is 5.32 Å². The topological polar surface area (TPSA) is 12.0 Å². The lowest BCUT2D eigenvalue weighted by Crippen LogP contribution is -2.30. The van der Waals surface area contributed by atoms with Crippen molar-refractivity contribution in [3.8, 4) is 0 Å². The summed E-state index contributed by atoms with van der Waals surface area (Å²) in [6.45, 7) is 0. The van der Waals surface area contributed by atoms with Crippen LogP contribution in [-0.4, -0.2) is 0 Å². The molecule has 1 aliphatic heterocycles. The van der Waals surface area contributed by atoms with E-state index < -0.39 is 0 Å². The van der Waals surface area contributed by atoms with Crippen LogP contribution in [0.4, 0.5) is 14.5 Å². The van der Waals surface area contributed by atoms with Gasteiger partial charge in [0.2, 0.25) is 0 Å². The number of benzene rings is 2. The summed E-state index contributed by atoms with van der Waals surface area (Å²) in [6.07, 6.45) is 5.12. The summed E-state index contributed by atoms with van der Waals surface area (Å²) in [5.74, 6) is -0.120.